The maximum atomic E-state index is 12.8. The lowest BCUT2D eigenvalue weighted by atomic mass is 10.2. The first-order valence-electron chi connectivity index (χ1n) is 3.10. The average molecular weight is 220 g/mol. The fraction of sp³-hybridized carbons (Fsp3) is 0.286. The van der Waals surface area contributed by atoms with Crippen LogP contribution in [0.5, 0.6) is 0 Å². The van der Waals surface area contributed by atoms with Gasteiger partial charge in [-0.3, -0.25) is 4.98 Å². The van der Waals surface area contributed by atoms with Crippen molar-refractivity contribution in [2.24, 2.45) is 0 Å². The normalized spacial score (nSPS) is 13.1. The molecular weight excluding hydrogens is 213 g/mol. The third kappa shape index (κ3) is 1.97. The number of halogens is 2. The van der Waals surface area contributed by atoms with Gasteiger partial charge in [-0.25, -0.2) is 4.39 Å². The molecule has 0 aliphatic heterocycles. The molecule has 0 spiro atoms. The van der Waals surface area contributed by atoms with Crippen LogP contribution in [0.4, 0.5) is 4.39 Å². The van der Waals surface area contributed by atoms with Crippen molar-refractivity contribution in [1.82, 2.24) is 4.98 Å². The zero-order valence-corrected chi connectivity index (χ0v) is 7.47. The van der Waals surface area contributed by atoms with Gasteiger partial charge in [-0.15, -0.1) is 0 Å². The fourth-order valence-electron chi connectivity index (χ4n) is 0.733. The maximum absolute atomic E-state index is 12.8. The molecule has 0 aliphatic carbocycles. The van der Waals surface area contributed by atoms with Gasteiger partial charge >= 0.3 is 0 Å². The summed E-state index contributed by atoms with van der Waals surface area (Å²) in [5.74, 6) is -0.491. The molecule has 0 saturated heterocycles. The lowest BCUT2D eigenvalue weighted by Gasteiger charge is -2.03. The van der Waals surface area contributed by atoms with Gasteiger partial charge in [0, 0.05) is 10.7 Å². The zero-order chi connectivity index (χ0) is 8.43. The summed E-state index contributed by atoms with van der Waals surface area (Å²) in [6.07, 6.45) is 0.591. The molecule has 11 heavy (non-hydrogen) atoms. The highest BCUT2D eigenvalue weighted by atomic mass is 79.9. The molecule has 1 aromatic heterocycles. The van der Waals surface area contributed by atoms with Crippen LogP contribution >= 0.6 is 15.9 Å². The summed E-state index contributed by atoms with van der Waals surface area (Å²) < 4.78 is 13.4. The smallest absolute Gasteiger partial charge is 0.148 e. The Hall–Kier alpha value is -0.480. The average Bonchev–Trinajstić information content (AvgIpc) is 1.85. The van der Waals surface area contributed by atoms with Gasteiger partial charge in [-0.05, 0) is 28.9 Å². The third-order valence-corrected chi connectivity index (χ3v) is 1.67. The van der Waals surface area contributed by atoms with Crippen LogP contribution < -0.4 is 0 Å². The SMILES string of the molecule is C[C@@H](O)c1ncc(Br)cc1F. The molecule has 4 heteroatoms. The minimum atomic E-state index is -0.858. The number of hydrogen-bond acceptors (Lipinski definition) is 2. The summed E-state index contributed by atoms with van der Waals surface area (Å²) in [6, 6.07) is 1.27. The molecule has 2 nitrogen and oxygen atoms in total. The quantitative estimate of drug-likeness (QED) is 0.785. The molecule has 1 atom stereocenters. The second-order valence-corrected chi connectivity index (χ2v) is 3.11. The van der Waals surface area contributed by atoms with E-state index in [0.29, 0.717) is 4.47 Å². The number of nitrogens with zero attached hydrogens (tertiary/aromatic N) is 1. The van der Waals surface area contributed by atoms with Crippen LogP contribution in [0.3, 0.4) is 0 Å². The first-order valence-corrected chi connectivity index (χ1v) is 3.89. The number of aliphatic hydroxyl groups excluding tert-OH is 1. The zero-order valence-electron chi connectivity index (χ0n) is 5.88. The highest BCUT2D eigenvalue weighted by molar-refractivity contribution is 9.10. The summed E-state index contributed by atoms with van der Waals surface area (Å²) >= 11 is 3.06. The Kier molecular flexibility index (Phi) is 2.57. The van der Waals surface area contributed by atoms with Crippen LogP contribution in [-0.2, 0) is 0 Å². The van der Waals surface area contributed by atoms with E-state index in [1.807, 2.05) is 0 Å². The van der Waals surface area contributed by atoms with Crippen LogP contribution in [0.15, 0.2) is 16.7 Å². The number of pyridine rings is 1. The maximum Gasteiger partial charge on any atom is 0.148 e. The van der Waals surface area contributed by atoms with E-state index >= 15 is 0 Å². The summed E-state index contributed by atoms with van der Waals surface area (Å²) in [5, 5.41) is 8.98. The topological polar surface area (TPSA) is 33.1 Å². The molecule has 60 valence electrons. The summed E-state index contributed by atoms with van der Waals surface area (Å²) in [6.45, 7) is 1.47. The largest absolute Gasteiger partial charge is 0.387 e. The van der Waals surface area contributed by atoms with Crippen molar-refractivity contribution in [3.05, 3.63) is 28.2 Å². The summed E-state index contributed by atoms with van der Waals surface area (Å²) in [7, 11) is 0. The van der Waals surface area contributed by atoms with E-state index in [9.17, 15) is 4.39 Å². The number of aliphatic hydroxyl groups is 1. The lowest BCUT2D eigenvalue weighted by molar-refractivity contribution is 0.188. The van der Waals surface area contributed by atoms with E-state index in [-0.39, 0.29) is 5.69 Å². The predicted octanol–water partition coefficient (Wildman–Crippen LogP) is 2.04. The minimum absolute atomic E-state index is 0.0770. The van der Waals surface area contributed by atoms with Gasteiger partial charge in [-0.2, -0.15) is 0 Å². The van der Waals surface area contributed by atoms with Crippen LogP contribution in [0.2, 0.25) is 0 Å². The van der Waals surface area contributed by atoms with Gasteiger partial charge in [0.2, 0.25) is 0 Å². The molecule has 0 radical (unpaired) electrons. The van der Waals surface area contributed by atoms with E-state index in [1.165, 1.54) is 19.2 Å². The Labute approximate surface area is 72.2 Å². The van der Waals surface area contributed by atoms with Crippen LogP contribution in [0, 0.1) is 5.82 Å². The van der Waals surface area contributed by atoms with Crippen molar-refractivity contribution in [3.8, 4) is 0 Å². The predicted molar refractivity (Wildman–Crippen MR) is 42.5 cm³/mol. The molecule has 0 aliphatic rings. The van der Waals surface area contributed by atoms with E-state index in [4.69, 9.17) is 5.11 Å². The van der Waals surface area contributed by atoms with Gasteiger partial charge in [0.1, 0.15) is 11.5 Å². The Bertz CT molecular complexity index is 265. The molecule has 0 aromatic carbocycles. The van der Waals surface area contributed by atoms with Crippen molar-refractivity contribution in [1.29, 1.82) is 0 Å². The first-order chi connectivity index (χ1) is 5.11. The van der Waals surface area contributed by atoms with Crippen LogP contribution in [0.25, 0.3) is 0 Å². The number of hydrogen-bond donors (Lipinski definition) is 1. The Morgan fingerprint density at radius 1 is 1.73 bits per heavy atom. The van der Waals surface area contributed by atoms with E-state index in [0.717, 1.165) is 0 Å². The molecule has 0 amide bonds. The van der Waals surface area contributed by atoms with Gasteiger partial charge in [0.25, 0.3) is 0 Å². The second kappa shape index (κ2) is 3.28. The van der Waals surface area contributed by atoms with Crippen LogP contribution in [-0.4, -0.2) is 10.1 Å². The van der Waals surface area contributed by atoms with E-state index in [2.05, 4.69) is 20.9 Å². The highest BCUT2D eigenvalue weighted by Gasteiger charge is 2.08. The van der Waals surface area contributed by atoms with Crippen molar-refractivity contribution < 1.29 is 9.50 Å². The van der Waals surface area contributed by atoms with Gasteiger partial charge in [0.05, 0.1) is 6.10 Å². The van der Waals surface area contributed by atoms with Gasteiger partial charge in [-0.1, -0.05) is 0 Å². The van der Waals surface area contributed by atoms with Gasteiger partial charge < -0.3 is 5.11 Å². The highest BCUT2D eigenvalue weighted by Crippen LogP contribution is 2.17. The summed E-state index contributed by atoms with van der Waals surface area (Å²) in [4.78, 5) is 3.71. The fourth-order valence-corrected chi connectivity index (χ4v) is 1.04. The van der Waals surface area contributed by atoms with Crippen molar-refractivity contribution in [3.63, 3.8) is 0 Å². The summed E-state index contributed by atoms with van der Waals surface area (Å²) in [5.41, 5.74) is 0.0770. The monoisotopic (exact) mass is 219 g/mol. The molecule has 1 heterocycles. The molecule has 0 bridgehead atoms. The second-order valence-electron chi connectivity index (χ2n) is 2.20. The van der Waals surface area contributed by atoms with Gasteiger partial charge in [0.15, 0.2) is 0 Å². The molecule has 1 N–H and O–H groups in total. The Morgan fingerprint density at radius 3 is 2.82 bits per heavy atom. The number of rotatable bonds is 1. The third-order valence-electron chi connectivity index (χ3n) is 1.23. The Balaban J connectivity index is 3.09. The number of aromatic nitrogens is 1. The van der Waals surface area contributed by atoms with Crippen LogP contribution in [0.1, 0.15) is 18.7 Å². The molecule has 1 rings (SSSR count). The Morgan fingerprint density at radius 2 is 2.36 bits per heavy atom. The molecular formula is C7H7BrFNO. The van der Waals surface area contributed by atoms with Crippen molar-refractivity contribution >= 4 is 15.9 Å². The standard InChI is InChI=1S/C7H7BrFNO/c1-4(11)7-6(9)2-5(8)3-10-7/h2-4,11H,1H3/t4-/m1/s1. The lowest BCUT2D eigenvalue weighted by Crippen LogP contribution is -1.98. The molecule has 1 aromatic rings. The minimum Gasteiger partial charge on any atom is -0.387 e. The first kappa shape index (κ1) is 8.62. The van der Waals surface area contributed by atoms with E-state index in [1.54, 1.807) is 0 Å². The molecule has 0 saturated carbocycles. The molecule has 0 fully saturated rings. The van der Waals surface area contributed by atoms with E-state index < -0.39 is 11.9 Å². The molecule has 0 unspecified atom stereocenters. The van der Waals surface area contributed by atoms with Crippen molar-refractivity contribution in [2.75, 3.05) is 0 Å². The van der Waals surface area contributed by atoms with Crippen molar-refractivity contribution in [2.45, 2.75) is 13.0 Å².